The molecule has 0 saturated carbocycles. The number of rotatable bonds is 8. The summed E-state index contributed by atoms with van der Waals surface area (Å²) in [6.45, 7) is 3.83. The lowest BCUT2D eigenvalue weighted by molar-refractivity contribution is 0.305. The largest absolute Gasteiger partial charge is 0.508 e. The number of phenols is 1. The van der Waals surface area contributed by atoms with Gasteiger partial charge in [0.2, 0.25) is 0 Å². The summed E-state index contributed by atoms with van der Waals surface area (Å²) in [5.41, 5.74) is 2.51. The van der Waals surface area contributed by atoms with Crippen LogP contribution in [0.3, 0.4) is 0 Å². The Morgan fingerprint density at radius 1 is 0.952 bits per heavy atom. The fourth-order valence-corrected chi connectivity index (χ4v) is 2.13. The van der Waals surface area contributed by atoms with E-state index in [9.17, 15) is 5.11 Å². The van der Waals surface area contributed by atoms with E-state index in [2.05, 4.69) is 36.5 Å². The van der Waals surface area contributed by atoms with Gasteiger partial charge in [-0.15, -0.1) is 0 Å². The van der Waals surface area contributed by atoms with Crippen molar-refractivity contribution in [3.05, 3.63) is 54.1 Å². The van der Waals surface area contributed by atoms with Gasteiger partial charge in [0.25, 0.3) is 0 Å². The van der Waals surface area contributed by atoms with Crippen molar-refractivity contribution in [3.63, 3.8) is 0 Å². The average Bonchev–Trinajstić information content (AvgIpc) is 2.50. The summed E-state index contributed by atoms with van der Waals surface area (Å²) in [5.74, 6) is 1.08. The van der Waals surface area contributed by atoms with Crippen LogP contribution >= 0.6 is 0 Å². The second kappa shape index (κ2) is 8.20. The van der Waals surface area contributed by atoms with E-state index in [4.69, 9.17) is 4.74 Å². The first-order valence-corrected chi connectivity index (χ1v) is 7.47. The monoisotopic (exact) mass is 285 g/mol. The summed E-state index contributed by atoms with van der Waals surface area (Å²) in [4.78, 5) is 0. The first-order valence-electron chi connectivity index (χ1n) is 7.47. The first kappa shape index (κ1) is 15.2. The van der Waals surface area contributed by atoms with Crippen LogP contribution in [0.4, 0.5) is 5.69 Å². The van der Waals surface area contributed by atoms with Crippen LogP contribution in [0, 0.1) is 6.92 Å². The van der Waals surface area contributed by atoms with Gasteiger partial charge in [0.15, 0.2) is 0 Å². The van der Waals surface area contributed by atoms with Crippen LogP contribution in [0.2, 0.25) is 0 Å². The number of phenolic OH excluding ortho intramolecular Hbond substituents is 1. The molecule has 3 nitrogen and oxygen atoms in total. The van der Waals surface area contributed by atoms with Crippen LogP contribution in [0.15, 0.2) is 48.5 Å². The molecule has 0 aliphatic carbocycles. The smallest absolute Gasteiger partial charge is 0.119 e. The fourth-order valence-electron chi connectivity index (χ4n) is 2.13. The highest BCUT2D eigenvalue weighted by atomic mass is 16.5. The van der Waals surface area contributed by atoms with Crippen LogP contribution in [0.1, 0.15) is 24.8 Å². The van der Waals surface area contributed by atoms with E-state index in [0.29, 0.717) is 0 Å². The molecule has 112 valence electrons. The molecular weight excluding hydrogens is 262 g/mol. The summed E-state index contributed by atoms with van der Waals surface area (Å²) < 4.78 is 5.61. The Bertz CT molecular complexity index is 537. The number of aryl methyl sites for hydroxylation is 1. The Kier molecular flexibility index (Phi) is 5.95. The summed E-state index contributed by atoms with van der Waals surface area (Å²) >= 11 is 0. The highest BCUT2D eigenvalue weighted by molar-refractivity contribution is 5.50. The number of hydrogen-bond acceptors (Lipinski definition) is 3. The van der Waals surface area contributed by atoms with Gasteiger partial charge in [0, 0.05) is 12.2 Å². The number of anilines is 1. The molecule has 3 heteroatoms. The average molecular weight is 285 g/mol. The van der Waals surface area contributed by atoms with Gasteiger partial charge in [0.1, 0.15) is 11.5 Å². The maximum atomic E-state index is 9.18. The highest BCUT2D eigenvalue weighted by Gasteiger charge is 1.97. The molecule has 0 fully saturated rings. The minimum absolute atomic E-state index is 0.268. The van der Waals surface area contributed by atoms with Gasteiger partial charge >= 0.3 is 0 Å². The molecule has 0 bridgehead atoms. The van der Waals surface area contributed by atoms with Crippen molar-refractivity contribution in [3.8, 4) is 11.5 Å². The van der Waals surface area contributed by atoms with Gasteiger partial charge in [-0.2, -0.15) is 0 Å². The topological polar surface area (TPSA) is 41.5 Å². The maximum Gasteiger partial charge on any atom is 0.119 e. The van der Waals surface area contributed by atoms with Crippen LogP contribution in [0.25, 0.3) is 0 Å². The zero-order valence-electron chi connectivity index (χ0n) is 12.5. The summed E-state index contributed by atoms with van der Waals surface area (Å²) in [6.07, 6.45) is 3.31. The Morgan fingerprint density at radius 3 is 2.48 bits per heavy atom. The van der Waals surface area contributed by atoms with Crippen LogP contribution in [-0.2, 0) is 0 Å². The second-order valence-electron chi connectivity index (χ2n) is 5.14. The third-order valence-electron chi connectivity index (χ3n) is 3.39. The van der Waals surface area contributed by atoms with E-state index in [1.165, 1.54) is 11.3 Å². The predicted octanol–water partition coefficient (Wildman–Crippen LogP) is 4.36. The minimum Gasteiger partial charge on any atom is -0.508 e. The normalized spacial score (nSPS) is 10.3. The molecule has 2 N–H and O–H groups in total. The lowest BCUT2D eigenvalue weighted by Gasteiger charge is -2.09. The van der Waals surface area contributed by atoms with E-state index >= 15 is 0 Å². The molecule has 0 aromatic heterocycles. The second-order valence-corrected chi connectivity index (χ2v) is 5.14. The lowest BCUT2D eigenvalue weighted by Crippen LogP contribution is -2.04. The van der Waals surface area contributed by atoms with Crippen molar-refractivity contribution < 1.29 is 9.84 Å². The van der Waals surface area contributed by atoms with Gasteiger partial charge in [-0.3, -0.25) is 0 Å². The van der Waals surface area contributed by atoms with E-state index in [1.54, 1.807) is 24.3 Å². The highest BCUT2D eigenvalue weighted by Crippen LogP contribution is 2.16. The molecule has 0 saturated heterocycles. The van der Waals surface area contributed by atoms with Crippen molar-refractivity contribution in [2.45, 2.75) is 26.2 Å². The van der Waals surface area contributed by atoms with Gasteiger partial charge < -0.3 is 15.2 Å². The molecule has 0 heterocycles. The molecule has 0 radical (unpaired) electrons. The van der Waals surface area contributed by atoms with E-state index in [0.717, 1.165) is 38.2 Å². The molecule has 0 aliphatic rings. The van der Waals surface area contributed by atoms with Crippen molar-refractivity contribution in [2.24, 2.45) is 0 Å². The molecular formula is C18H23NO2. The van der Waals surface area contributed by atoms with Crippen LogP contribution < -0.4 is 10.1 Å². The zero-order chi connectivity index (χ0) is 14.9. The number of unbranched alkanes of at least 4 members (excludes halogenated alkanes) is 2. The van der Waals surface area contributed by atoms with Crippen LogP contribution in [0.5, 0.6) is 11.5 Å². The lowest BCUT2D eigenvalue weighted by atomic mass is 10.2. The first-order chi connectivity index (χ1) is 10.3. The van der Waals surface area contributed by atoms with Crippen molar-refractivity contribution in [1.29, 1.82) is 0 Å². The molecule has 2 rings (SSSR count). The van der Waals surface area contributed by atoms with E-state index < -0.39 is 0 Å². The summed E-state index contributed by atoms with van der Waals surface area (Å²) in [6, 6.07) is 15.2. The molecule has 0 aliphatic heterocycles. The Hall–Kier alpha value is -2.16. The van der Waals surface area contributed by atoms with Crippen molar-refractivity contribution >= 4 is 5.69 Å². The van der Waals surface area contributed by atoms with Gasteiger partial charge in [-0.05, 0) is 62.1 Å². The van der Waals surface area contributed by atoms with Crippen molar-refractivity contribution in [1.82, 2.24) is 0 Å². The molecule has 21 heavy (non-hydrogen) atoms. The molecule has 0 unspecified atom stereocenters. The number of para-hydroxylation sites is 1. The molecule has 0 spiro atoms. The van der Waals surface area contributed by atoms with Crippen molar-refractivity contribution in [2.75, 3.05) is 18.5 Å². The summed E-state index contributed by atoms with van der Waals surface area (Å²) in [7, 11) is 0. The Balaban J connectivity index is 1.54. The predicted molar refractivity (Wildman–Crippen MR) is 87.1 cm³/mol. The van der Waals surface area contributed by atoms with Gasteiger partial charge in [0.05, 0.1) is 6.61 Å². The SMILES string of the molecule is Cc1ccccc1NCCCCCOc1ccc(O)cc1. The Labute approximate surface area is 126 Å². The number of hydrogen-bond donors (Lipinski definition) is 2. The van der Waals surface area contributed by atoms with E-state index in [-0.39, 0.29) is 5.75 Å². The number of benzene rings is 2. The number of ether oxygens (including phenoxy) is 1. The standard InChI is InChI=1S/C18H23NO2/c1-15-7-3-4-8-18(15)19-13-5-2-6-14-21-17-11-9-16(20)10-12-17/h3-4,7-12,19-20H,2,5-6,13-14H2,1H3. The van der Waals surface area contributed by atoms with Gasteiger partial charge in [-0.25, -0.2) is 0 Å². The zero-order valence-corrected chi connectivity index (χ0v) is 12.5. The van der Waals surface area contributed by atoms with Gasteiger partial charge in [-0.1, -0.05) is 18.2 Å². The minimum atomic E-state index is 0.268. The number of aromatic hydroxyl groups is 1. The third kappa shape index (κ3) is 5.38. The maximum absolute atomic E-state index is 9.18. The number of nitrogens with one attached hydrogen (secondary N) is 1. The molecule has 2 aromatic rings. The molecule has 0 amide bonds. The van der Waals surface area contributed by atoms with E-state index in [1.807, 2.05) is 0 Å². The third-order valence-corrected chi connectivity index (χ3v) is 3.39. The quantitative estimate of drug-likeness (QED) is 0.708. The fraction of sp³-hybridized carbons (Fsp3) is 0.333. The molecule has 2 aromatic carbocycles. The Morgan fingerprint density at radius 2 is 1.71 bits per heavy atom. The molecule has 0 atom stereocenters. The van der Waals surface area contributed by atoms with Crippen LogP contribution in [-0.4, -0.2) is 18.3 Å². The summed E-state index contributed by atoms with van der Waals surface area (Å²) in [5, 5.41) is 12.6.